The number of pyridine rings is 1. The minimum Gasteiger partial charge on any atom is -0.329 e. The Labute approximate surface area is 92.1 Å². The number of hydrogen-bond acceptors (Lipinski definition) is 4. The Kier molecular flexibility index (Phi) is 3.96. The molecule has 6 heteroatoms. The molecule has 0 bridgehead atoms. The zero-order valence-corrected chi connectivity index (χ0v) is 8.90. The van der Waals surface area contributed by atoms with Crippen molar-refractivity contribution >= 4 is 11.8 Å². The van der Waals surface area contributed by atoms with Crippen LogP contribution in [0.4, 0.5) is 0 Å². The van der Waals surface area contributed by atoms with Crippen LogP contribution >= 0.6 is 0 Å². The van der Waals surface area contributed by atoms with Crippen LogP contribution in [0.1, 0.15) is 17.3 Å². The summed E-state index contributed by atoms with van der Waals surface area (Å²) in [5.74, 6) is -0.903. The van der Waals surface area contributed by atoms with E-state index in [0.717, 1.165) is 11.0 Å². The van der Waals surface area contributed by atoms with Crippen LogP contribution in [0, 0.1) is 0 Å². The number of hydrogen-bond donors (Lipinski definition) is 2. The third-order valence-corrected chi connectivity index (χ3v) is 2.00. The summed E-state index contributed by atoms with van der Waals surface area (Å²) in [6, 6.07) is 2.59. The van der Waals surface area contributed by atoms with Crippen LogP contribution in [0.25, 0.3) is 0 Å². The van der Waals surface area contributed by atoms with Gasteiger partial charge in [0.1, 0.15) is 0 Å². The second-order valence-electron chi connectivity index (χ2n) is 3.21. The molecule has 0 fully saturated rings. The number of amides is 2. The van der Waals surface area contributed by atoms with Crippen molar-refractivity contribution in [2.45, 2.75) is 6.92 Å². The molecular weight excluding hydrogens is 210 g/mol. The quantitative estimate of drug-likeness (QED) is 0.709. The number of imide groups is 1. The number of carbonyl (C=O) groups is 2. The fourth-order valence-corrected chi connectivity index (χ4v) is 1.26. The average molecular weight is 223 g/mol. The molecule has 0 atom stereocenters. The highest BCUT2D eigenvalue weighted by Crippen LogP contribution is 2.01. The second-order valence-corrected chi connectivity index (χ2v) is 3.21. The maximum atomic E-state index is 11.8. The number of aromatic amines is 1. The molecule has 0 spiro atoms. The van der Waals surface area contributed by atoms with E-state index in [1.165, 1.54) is 19.2 Å². The molecule has 1 aromatic heterocycles. The molecule has 0 unspecified atom stereocenters. The standard InChI is InChI=1S/C10H13N3O3/c1-7(14)13(5-3-11)10(16)8-2-4-12-9(15)6-8/h2,4,6H,3,5,11H2,1H3,(H,12,15). The Morgan fingerprint density at radius 2 is 2.19 bits per heavy atom. The van der Waals surface area contributed by atoms with E-state index in [0.29, 0.717) is 0 Å². The first-order valence-corrected chi connectivity index (χ1v) is 4.77. The Bertz CT molecular complexity index is 453. The van der Waals surface area contributed by atoms with Crippen molar-refractivity contribution in [1.82, 2.24) is 9.88 Å². The lowest BCUT2D eigenvalue weighted by Crippen LogP contribution is -2.39. The van der Waals surface area contributed by atoms with E-state index in [2.05, 4.69) is 4.98 Å². The van der Waals surface area contributed by atoms with E-state index < -0.39 is 11.8 Å². The van der Waals surface area contributed by atoms with E-state index in [4.69, 9.17) is 5.73 Å². The first kappa shape index (κ1) is 12.1. The van der Waals surface area contributed by atoms with Crippen LogP contribution < -0.4 is 11.3 Å². The lowest BCUT2D eigenvalue weighted by atomic mass is 10.2. The van der Waals surface area contributed by atoms with Gasteiger partial charge in [-0.25, -0.2) is 0 Å². The van der Waals surface area contributed by atoms with Gasteiger partial charge in [0.2, 0.25) is 11.5 Å². The summed E-state index contributed by atoms with van der Waals surface area (Å²) < 4.78 is 0. The molecule has 0 aliphatic rings. The highest BCUT2D eigenvalue weighted by Gasteiger charge is 2.18. The second kappa shape index (κ2) is 5.22. The molecule has 0 saturated heterocycles. The summed E-state index contributed by atoms with van der Waals surface area (Å²) in [5, 5.41) is 0. The Balaban J connectivity index is 2.99. The van der Waals surface area contributed by atoms with Crippen LogP contribution in [0.3, 0.4) is 0 Å². The molecule has 86 valence electrons. The number of nitrogens with two attached hydrogens (primary N) is 1. The monoisotopic (exact) mass is 223 g/mol. The third kappa shape index (κ3) is 2.77. The maximum Gasteiger partial charge on any atom is 0.260 e. The first-order chi connectivity index (χ1) is 7.56. The van der Waals surface area contributed by atoms with Gasteiger partial charge in [0, 0.05) is 37.8 Å². The van der Waals surface area contributed by atoms with Crippen molar-refractivity contribution < 1.29 is 9.59 Å². The maximum absolute atomic E-state index is 11.8. The Morgan fingerprint density at radius 3 is 2.69 bits per heavy atom. The van der Waals surface area contributed by atoms with Crippen molar-refractivity contribution in [2.75, 3.05) is 13.1 Å². The summed E-state index contributed by atoms with van der Waals surface area (Å²) in [7, 11) is 0. The normalized spacial score (nSPS) is 9.88. The molecule has 0 aliphatic carbocycles. The summed E-state index contributed by atoms with van der Waals surface area (Å²) in [6.07, 6.45) is 1.36. The van der Waals surface area contributed by atoms with Crippen molar-refractivity contribution in [2.24, 2.45) is 5.73 Å². The lowest BCUT2D eigenvalue weighted by molar-refractivity contribution is -0.126. The van der Waals surface area contributed by atoms with Crippen LogP contribution in [0.2, 0.25) is 0 Å². The van der Waals surface area contributed by atoms with Gasteiger partial charge in [-0.2, -0.15) is 0 Å². The molecule has 16 heavy (non-hydrogen) atoms. The fraction of sp³-hybridized carbons (Fsp3) is 0.300. The molecular formula is C10H13N3O3. The third-order valence-electron chi connectivity index (χ3n) is 2.00. The fourth-order valence-electron chi connectivity index (χ4n) is 1.26. The van der Waals surface area contributed by atoms with Gasteiger partial charge in [-0.05, 0) is 6.07 Å². The van der Waals surface area contributed by atoms with E-state index in [1.54, 1.807) is 0 Å². The largest absolute Gasteiger partial charge is 0.329 e. The van der Waals surface area contributed by atoms with Gasteiger partial charge in [-0.3, -0.25) is 19.3 Å². The summed E-state index contributed by atoms with van der Waals surface area (Å²) in [5.41, 5.74) is 5.09. The summed E-state index contributed by atoms with van der Waals surface area (Å²) >= 11 is 0. The molecule has 1 aromatic rings. The minimum absolute atomic E-state index is 0.140. The van der Waals surface area contributed by atoms with Gasteiger partial charge in [0.15, 0.2) is 0 Å². The number of carbonyl (C=O) groups excluding carboxylic acids is 2. The highest BCUT2D eigenvalue weighted by molar-refractivity contribution is 6.03. The molecule has 6 nitrogen and oxygen atoms in total. The summed E-state index contributed by atoms with van der Waals surface area (Å²) in [4.78, 5) is 37.4. The SMILES string of the molecule is CC(=O)N(CCN)C(=O)c1cc[nH]c(=O)c1. The molecule has 2 amide bonds. The number of aromatic nitrogens is 1. The van der Waals surface area contributed by atoms with Crippen LogP contribution in [0.15, 0.2) is 23.1 Å². The van der Waals surface area contributed by atoms with Gasteiger partial charge in [0.25, 0.3) is 5.91 Å². The van der Waals surface area contributed by atoms with Gasteiger partial charge in [-0.15, -0.1) is 0 Å². The topological polar surface area (TPSA) is 96.3 Å². The van der Waals surface area contributed by atoms with Gasteiger partial charge < -0.3 is 10.7 Å². The van der Waals surface area contributed by atoms with Crippen LogP contribution in [0.5, 0.6) is 0 Å². The highest BCUT2D eigenvalue weighted by atomic mass is 16.2. The van der Waals surface area contributed by atoms with Crippen molar-refractivity contribution in [3.05, 3.63) is 34.2 Å². The van der Waals surface area contributed by atoms with Crippen molar-refractivity contribution in [1.29, 1.82) is 0 Å². The Morgan fingerprint density at radius 1 is 1.50 bits per heavy atom. The number of H-pyrrole nitrogens is 1. The predicted octanol–water partition coefficient (Wildman–Crippen LogP) is -0.678. The number of nitrogens with one attached hydrogen (secondary N) is 1. The lowest BCUT2D eigenvalue weighted by Gasteiger charge is -2.17. The van der Waals surface area contributed by atoms with Crippen molar-refractivity contribution in [3.63, 3.8) is 0 Å². The van der Waals surface area contributed by atoms with E-state index in [9.17, 15) is 14.4 Å². The van der Waals surface area contributed by atoms with E-state index >= 15 is 0 Å². The van der Waals surface area contributed by atoms with Gasteiger partial charge in [-0.1, -0.05) is 0 Å². The van der Waals surface area contributed by atoms with Gasteiger partial charge >= 0.3 is 0 Å². The molecule has 0 saturated carbocycles. The zero-order chi connectivity index (χ0) is 12.1. The predicted molar refractivity (Wildman–Crippen MR) is 57.8 cm³/mol. The molecule has 0 radical (unpaired) electrons. The zero-order valence-electron chi connectivity index (χ0n) is 8.90. The summed E-state index contributed by atoms with van der Waals surface area (Å²) in [6.45, 7) is 1.61. The van der Waals surface area contributed by atoms with Gasteiger partial charge in [0.05, 0.1) is 0 Å². The first-order valence-electron chi connectivity index (χ1n) is 4.77. The van der Waals surface area contributed by atoms with Crippen LogP contribution in [-0.4, -0.2) is 34.8 Å². The Hall–Kier alpha value is -1.95. The van der Waals surface area contributed by atoms with E-state index in [-0.39, 0.29) is 24.2 Å². The molecule has 1 heterocycles. The number of rotatable bonds is 3. The average Bonchev–Trinajstić information content (AvgIpc) is 2.24. The van der Waals surface area contributed by atoms with Crippen LogP contribution in [-0.2, 0) is 4.79 Å². The molecule has 3 N–H and O–H groups in total. The molecule has 0 aromatic carbocycles. The van der Waals surface area contributed by atoms with Crippen molar-refractivity contribution in [3.8, 4) is 0 Å². The van der Waals surface area contributed by atoms with E-state index in [1.807, 2.05) is 0 Å². The minimum atomic E-state index is -0.510. The molecule has 1 rings (SSSR count). The number of nitrogens with zero attached hydrogens (tertiary/aromatic N) is 1. The smallest absolute Gasteiger partial charge is 0.260 e. The molecule has 0 aliphatic heterocycles.